The highest BCUT2D eigenvalue weighted by molar-refractivity contribution is 7.12. The number of anilines is 1. The van der Waals surface area contributed by atoms with E-state index in [2.05, 4.69) is 5.32 Å². The van der Waals surface area contributed by atoms with Crippen LogP contribution in [0.1, 0.15) is 28.1 Å². The molecule has 1 aromatic heterocycles. The van der Waals surface area contributed by atoms with E-state index >= 15 is 0 Å². The first-order valence-electron chi connectivity index (χ1n) is 6.85. The summed E-state index contributed by atoms with van der Waals surface area (Å²) in [5.41, 5.74) is 1.30. The SMILES string of the molecule is O=C(c1ccc(NC(=O)C2CCCO2)cc1)c1cccs1. The van der Waals surface area contributed by atoms with Crippen LogP contribution in [0.2, 0.25) is 0 Å². The molecule has 21 heavy (non-hydrogen) atoms. The van der Waals surface area contributed by atoms with Crippen LogP contribution in [-0.2, 0) is 9.53 Å². The third-order valence-electron chi connectivity index (χ3n) is 3.38. The molecular formula is C16H15NO3S. The van der Waals surface area contributed by atoms with Gasteiger partial charge in [0.15, 0.2) is 0 Å². The fraction of sp³-hybridized carbons (Fsp3) is 0.250. The number of hydrogen-bond donors (Lipinski definition) is 1. The number of carbonyl (C=O) groups excluding carboxylic acids is 2. The van der Waals surface area contributed by atoms with E-state index in [4.69, 9.17) is 4.74 Å². The van der Waals surface area contributed by atoms with Gasteiger partial charge >= 0.3 is 0 Å². The van der Waals surface area contributed by atoms with Crippen molar-refractivity contribution in [2.24, 2.45) is 0 Å². The number of rotatable bonds is 4. The average molecular weight is 301 g/mol. The number of nitrogens with one attached hydrogen (secondary N) is 1. The fourth-order valence-corrected chi connectivity index (χ4v) is 2.95. The Hall–Kier alpha value is -1.98. The van der Waals surface area contributed by atoms with Crippen LogP contribution >= 0.6 is 11.3 Å². The van der Waals surface area contributed by atoms with Crippen LogP contribution in [-0.4, -0.2) is 24.4 Å². The van der Waals surface area contributed by atoms with Crippen LogP contribution in [0.15, 0.2) is 41.8 Å². The summed E-state index contributed by atoms with van der Waals surface area (Å²) in [6.07, 6.45) is 1.34. The van der Waals surface area contributed by atoms with Crippen LogP contribution in [0.5, 0.6) is 0 Å². The van der Waals surface area contributed by atoms with Crippen molar-refractivity contribution in [2.75, 3.05) is 11.9 Å². The number of amides is 1. The van der Waals surface area contributed by atoms with Gasteiger partial charge in [-0.15, -0.1) is 11.3 Å². The average Bonchev–Trinajstić information content (AvgIpc) is 3.20. The molecule has 5 heteroatoms. The summed E-state index contributed by atoms with van der Waals surface area (Å²) in [6, 6.07) is 10.6. The maximum Gasteiger partial charge on any atom is 0.253 e. The van der Waals surface area contributed by atoms with Gasteiger partial charge in [0, 0.05) is 17.9 Å². The van der Waals surface area contributed by atoms with Gasteiger partial charge in [-0.1, -0.05) is 6.07 Å². The van der Waals surface area contributed by atoms with E-state index in [9.17, 15) is 9.59 Å². The number of ether oxygens (including phenoxy) is 1. The van der Waals surface area contributed by atoms with Crippen LogP contribution in [0.3, 0.4) is 0 Å². The molecule has 1 N–H and O–H groups in total. The smallest absolute Gasteiger partial charge is 0.253 e. The van der Waals surface area contributed by atoms with Gasteiger partial charge in [0.2, 0.25) is 5.78 Å². The van der Waals surface area contributed by atoms with Crippen molar-refractivity contribution in [1.82, 2.24) is 0 Å². The lowest BCUT2D eigenvalue weighted by Gasteiger charge is -2.10. The minimum absolute atomic E-state index is 0.00185. The minimum atomic E-state index is -0.350. The van der Waals surface area contributed by atoms with Crippen molar-refractivity contribution in [3.63, 3.8) is 0 Å². The molecule has 4 nitrogen and oxygen atoms in total. The van der Waals surface area contributed by atoms with Gasteiger partial charge < -0.3 is 10.1 Å². The maximum absolute atomic E-state index is 12.2. The monoisotopic (exact) mass is 301 g/mol. The Labute approximate surface area is 126 Å². The first-order chi connectivity index (χ1) is 10.2. The van der Waals surface area contributed by atoms with Gasteiger partial charge in [0.05, 0.1) is 4.88 Å². The second kappa shape index (κ2) is 6.20. The van der Waals surface area contributed by atoms with E-state index < -0.39 is 0 Å². The summed E-state index contributed by atoms with van der Waals surface area (Å²) < 4.78 is 5.33. The highest BCUT2D eigenvalue weighted by Gasteiger charge is 2.23. The number of ketones is 1. The van der Waals surface area contributed by atoms with Gasteiger partial charge in [-0.2, -0.15) is 0 Å². The summed E-state index contributed by atoms with van der Waals surface area (Å²) in [4.78, 5) is 24.8. The van der Waals surface area contributed by atoms with Gasteiger partial charge in [-0.05, 0) is 48.6 Å². The molecule has 0 radical (unpaired) electrons. The van der Waals surface area contributed by atoms with E-state index in [0.717, 1.165) is 12.8 Å². The Kier molecular flexibility index (Phi) is 4.13. The molecule has 0 saturated carbocycles. The third-order valence-corrected chi connectivity index (χ3v) is 4.25. The maximum atomic E-state index is 12.2. The van der Waals surface area contributed by atoms with Crippen LogP contribution in [0.25, 0.3) is 0 Å². The number of benzene rings is 1. The van der Waals surface area contributed by atoms with E-state index in [1.165, 1.54) is 11.3 Å². The Morgan fingerprint density at radius 3 is 2.62 bits per heavy atom. The molecule has 2 aromatic rings. The van der Waals surface area contributed by atoms with Crippen molar-refractivity contribution < 1.29 is 14.3 Å². The molecule has 0 aliphatic carbocycles. The predicted octanol–water partition coefficient (Wildman–Crippen LogP) is 3.10. The first-order valence-corrected chi connectivity index (χ1v) is 7.73. The van der Waals surface area contributed by atoms with Crippen LogP contribution < -0.4 is 5.32 Å². The molecule has 1 atom stereocenters. The summed E-state index contributed by atoms with van der Waals surface area (Å²) in [6.45, 7) is 0.645. The Balaban J connectivity index is 1.66. The lowest BCUT2D eigenvalue weighted by molar-refractivity contribution is -0.124. The first kappa shape index (κ1) is 14.0. The Morgan fingerprint density at radius 1 is 1.19 bits per heavy atom. The third kappa shape index (κ3) is 3.20. The molecule has 1 fully saturated rings. The number of hydrogen-bond acceptors (Lipinski definition) is 4. The molecule has 1 amide bonds. The molecule has 1 aliphatic heterocycles. The Morgan fingerprint density at radius 2 is 2.00 bits per heavy atom. The van der Waals surface area contributed by atoms with E-state index in [1.54, 1.807) is 30.3 Å². The van der Waals surface area contributed by atoms with Crippen LogP contribution in [0, 0.1) is 0 Å². The van der Waals surface area contributed by atoms with Gasteiger partial charge in [0.1, 0.15) is 6.10 Å². The molecule has 0 bridgehead atoms. The predicted molar refractivity (Wildman–Crippen MR) is 81.8 cm³/mol. The van der Waals surface area contributed by atoms with Gasteiger partial charge in [-0.25, -0.2) is 0 Å². The van der Waals surface area contributed by atoms with Crippen molar-refractivity contribution in [3.8, 4) is 0 Å². The van der Waals surface area contributed by atoms with E-state index in [-0.39, 0.29) is 17.8 Å². The normalized spacial score (nSPS) is 17.6. The van der Waals surface area contributed by atoms with E-state index in [0.29, 0.717) is 22.7 Å². The largest absolute Gasteiger partial charge is 0.368 e. The minimum Gasteiger partial charge on any atom is -0.368 e. The van der Waals surface area contributed by atoms with Crippen LogP contribution in [0.4, 0.5) is 5.69 Å². The molecule has 1 unspecified atom stereocenters. The summed E-state index contributed by atoms with van der Waals surface area (Å²) in [5, 5.41) is 4.69. The van der Waals surface area contributed by atoms with Crippen molar-refractivity contribution >= 4 is 28.7 Å². The number of thiophene rings is 1. The molecule has 1 aliphatic rings. The van der Waals surface area contributed by atoms with Crippen molar-refractivity contribution in [2.45, 2.75) is 18.9 Å². The summed E-state index contributed by atoms with van der Waals surface area (Å²) >= 11 is 1.42. The standard InChI is InChI=1S/C16H15NO3S/c18-15(14-4-2-10-21-14)11-5-7-12(8-6-11)17-16(19)13-3-1-9-20-13/h2,4-8,10,13H,1,3,9H2,(H,17,19). The highest BCUT2D eigenvalue weighted by atomic mass is 32.1. The Bertz CT molecular complexity index is 628. The lowest BCUT2D eigenvalue weighted by Crippen LogP contribution is -2.26. The quantitative estimate of drug-likeness (QED) is 0.883. The zero-order valence-electron chi connectivity index (χ0n) is 11.4. The number of carbonyl (C=O) groups is 2. The molecule has 3 rings (SSSR count). The molecule has 108 valence electrons. The lowest BCUT2D eigenvalue weighted by atomic mass is 10.1. The summed E-state index contributed by atoms with van der Waals surface area (Å²) in [7, 11) is 0. The van der Waals surface area contributed by atoms with Crippen molar-refractivity contribution in [3.05, 3.63) is 52.2 Å². The second-order valence-corrected chi connectivity index (χ2v) is 5.82. The molecule has 1 saturated heterocycles. The van der Waals surface area contributed by atoms with E-state index in [1.807, 2.05) is 11.4 Å². The zero-order chi connectivity index (χ0) is 14.7. The molecular weight excluding hydrogens is 286 g/mol. The molecule has 2 heterocycles. The fourth-order valence-electron chi connectivity index (χ4n) is 2.26. The molecule has 1 aromatic carbocycles. The molecule has 0 spiro atoms. The van der Waals surface area contributed by atoms with Gasteiger partial charge in [0.25, 0.3) is 5.91 Å². The van der Waals surface area contributed by atoms with Gasteiger partial charge in [-0.3, -0.25) is 9.59 Å². The second-order valence-electron chi connectivity index (χ2n) is 4.87. The highest BCUT2D eigenvalue weighted by Crippen LogP contribution is 2.18. The topological polar surface area (TPSA) is 55.4 Å². The summed E-state index contributed by atoms with van der Waals surface area (Å²) in [5.74, 6) is -0.119. The zero-order valence-corrected chi connectivity index (χ0v) is 12.2. The van der Waals surface area contributed by atoms with Crippen molar-refractivity contribution in [1.29, 1.82) is 0 Å².